The third-order valence-corrected chi connectivity index (χ3v) is 3.05. The summed E-state index contributed by atoms with van der Waals surface area (Å²) in [5, 5.41) is 8.93. The minimum Gasteiger partial charge on any atom is -0.465 e. The standard InChI is InChI=1S/C11H8F3NO2S/c1-6-3-4-7(10(16)17-2)8(5-15)9(6)18-11(12,13)14/h3-4H,1-2H3. The highest BCUT2D eigenvalue weighted by molar-refractivity contribution is 8.00. The Bertz CT molecular complexity index is 520. The number of nitriles is 1. The molecule has 0 fully saturated rings. The fourth-order valence-corrected chi connectivity index (χ4v) is 2.04. The van der Waals surface area contributed by atoms with Crippen LogP contribution >= 0.6 is 11.8 Å². The van der Waals surface area contributed by atoms with Crippen LogP contribution in [0.5, 0.6) is 0 Å². The molecule has 18 heavy (non-hydrogen) atoms. The molecule has 0 N–H and O–H groups in total. The number of thioether (sulfide) groups is 1. The van der Waals surface area contributed by atoms with Crippen LogP contribution in [0.4, 0.5) is 13.2 Å². The van der Waals surface area contributed by atoms with E-state index in [1.807, 2.05) is 0 Å². The Hall–Kier alpha value is -1.68. The molecule has 1 aromatic carbocycles. The topological polar surface area (TPSA) is 50.1 Å². The summed E-state index contributed by atoms with van der Waals surface area (Å²) in [6.45, 7) is 1.44. The van der Waals surface area contributed by atoms with Crippen LogP contribution in [0.25, 0.3) is 0 Å². The van der Waals surface area contributed by atoms with Crippen LogP contribution < -0.4 is 0 Å². The summed E-state index contributed by atoms with van der Waals surface area (Å²) in [6.07, 6.45) is 0. The van der Waals surface area contributed by atoms with E-state index in [1.165, 1.54) is 19.1 Å². The Morgan fingerprint density at radius 2 is 2.06 bits per heavy atom. The van der Waals surface area contributed by atoms with Crippen LogP contribution in [0, 0.1) is 18.3 Å². The molecule has 1 aromatic rings. The van der Waals surface area contributed by atoms with Gasteiger partial charge in [0.2, 0.25) is 0 Å². The molecule has 0 heterocycles. The molecule has 0 radical (unpaired) electrons. The number of alkyl halides is 3. The molecule has 0 atom stereocenters. The zero-order valence-electron chi connectivity index (χ0n) is 9.46. The molecule has 0 aliphatic rings. The first-order chi connectivity index (χ1) is 8.30. The molecule has 0 amide bonds. The highest BCUT2D eigenvalue weighted by atomic mass is 32.2. The van der Waals surface area contributed by atoms with Gasteiger partial charge in [-0.1, -0.05) is 6.07 Å². The van der Waals surface area contributed by atoms with Crippen LogP contribution in [0.2, 0.25) is 0 Å². The lowest BCUT2D eigenvalue weighted by atomic mass is 10.1. The quantitative estimate of drug-likeness (QED) is 0.614. The van der Waals surface area contributed by atoms with Crippen LogP contribution in [-0.4, -0.2) is 18.6 Å². The van der Waals surface area contributed by atoms with Crippen molar-refractivity contribution in [3.8, 4) is 6.07 Å². The van der Waals surface area contributed by atoms with Crippen molar-refractivity contribution in [1.29, 1.82) is 5.26 Å². The van der Waals surface area contributed by atoms with Crippen LogP contribution in [0.3, 0.4) is 0 Å². The van der Waals surface area contributed by atoms with Gasteiger partial charge in [0.05, 0.1) is 18.2 Å². The first-order valence-corrected chi connectivity index (χ1v) is 5.49. The third kappa shape index (κ3) is 3.17. The fraction of sp³-hybridized carbons (Fsp3) is 0.273. The van der Waals surface area contributed by atoms with Gasteiger partial charge in [-0.3, -0.25) is 0 Å². The molecule has 96 valence electrons. The zero-order valence-corrected chi connectivity index (χ0v) is 10.3. The van der Waals surface area contributed by atoms with Gasteiger partial charge in [-0.15, -0.1) is 0 Å². The van der Waals surface area contributed by atoms with Gasteiger partial charge < -0.3 is 4.74 Å². The SMILES string of the molecule is COC(=O)c1ccc(C)c(SC(F)(F)F)c1C#N. The van der Waals surface area contributed by atoms with Crippen LogP contribution in [0.15, 0.2) is 17.0 Å². The maximum Gasteiger partial charge on any atom is 0.446 e. The third-order valence-electron chi connectivity index (χ3n) is 2.09. The van der Waals surface area contributed by atoms with Gasteiger partial charge in [-0.2, -0.15) is 18.4 Å². The van der Waals surface area contributed by atoms with Crippen molar-refractivity contribution < 1.29 is 22.7 Å². The second kappa shape index (κ2) is 5.31. The molecule has 1 rings (SSSR count). The van der Waals surface area contributed by atoms with E-state index in [0.29, 0.717) is 0 Å². The first-order valence-electron chi connectivity index (χ1n) is 4.68. The highest BCUT2D eigenvalue weighted by Crippen LogP contribution is 2.41. The van der Waals surface area contributed by atoms with E-state index in [0.717, 1.165) is 7.11 Å². The summed E-state index contributed by atoms with van der Waals surface area (Å²) in [6, 6.07) is 4.25. The van der Waals surface area contributed by atoms with E-state index in [4.69, 9.17) is 5.26 Å². The van der Waals surface area contributed by atoms with E-state index in [-0.39, 0.29) is 21.6 Å². The molecule has 0 saturated carbocycles. The number of methoxy groups -OCH3 is 1. The first kappa shape index (κ1) is 14.4. The van der Waals surface area contributed by atoms with Crippen molar-refractivity contribution in [1.82, 2.24) is 0 Å². The number of aryl methyl sites for hydroxylation is 1. The molecule has 7 heteroatoms. The highest BCUT2D eigenvalue weighted by Gasteiger charge is 2.32. The zero-order chi connectivity index (χ0) is 13.9. The minimum atomic E-state index is -4.52. The summed E-state index contributed by atoms with van der Waals surface area (Å²) in [7, 11) is 1.10. The monoisotopic (exact) mass is 275 g/mol. The molecule has 3 nitrogen and oxygen atoms in total. The second-order valence-electron chi connectivity index (χ2n) is 3.29. The predicted molar refractivity (Wildman–Crippen MR) is 59.1 cm³/mol. The average molecular weight is 275 g/mol. The number of ether oxygens (including phenoxy) is 1. The van der Waals surface area contributed by atoms with Crippen molar-refractivity contribution in [3.05, 3.63) is 28.8 Å². The average Bonchev–Trinajstić information content (AvgIpc) is 2.29. The van der Waals surface area contributed by atoms with Crippen molar-refractivity contribution in [2.24, 2.45) is 0 Å². The van der Waals surface area contributed by atoms with Crippen molar-refractivity contribution in [2.45, 2.75) is 17.3 Å². The van der Waals surface area contributed by atoms with Gasteiger partial charge in [0, 0.05) is 4.90 Å². The lowest BCUT2D eigenvalue weighted by molar-refractivity contribution is -0.0328. The lowest BCUT2D eigenvalue weighted by Crippen LogP contribution is -2.08. The number of hydrogen-bond donors (Lipinski definition) is 0. The summed E-state index contributed by atoms with van der Waals surface area (Å²) < 4.78 is 41.6. The Morgan fingerprint density at radius 3 is 2.50 bits per heavy atom. The van der Waals surface area contributed by atoms with Gasteiger partial charge in [0.15, 0.2) is 0 Å². The predicted octanol–water partition coefficient (Wildman–Crippen LogP) is 3.27. The van der Waals surface area contributed by atoms with Gasteiger partial charge in [-0.05, 0) is 30.3 Å². The maximum absolute atomic E-state index is 12.4. The van der Waals surface area contributed by atoms with Gasteiger partial charge >= 0.3 is 11.5 Å². The van der Waals surface area contributed by atoms with Gasteiger partial charge in [-0.25, -0.2) is 4.79 Å². The van der Waals surface area contributed by atoms with Crippen LogP contribution in [-0.2, 0) is 4.74 Å². The number of carbonyl (C=O) groups is 1. The number of benzene rings is 1. The van der Waals surface area contributed by atoms with E-state index in [2.05, 4.69) is 4.74 Å². The Kier molecular flexibility index (Phi) is 4.24. The number of nitrogens with zero attached hydrogens (tertiary/aromatic N) is 1. The molecule has 0 aliphatic carbocycles. The number of esters is 1. The van der Waals surface area contributed by atoms with Gasteiger partial charge in [0.25, 0.3) is 0 Å². The van der Waals surface area contributed by atoms with Crippen molar-refractivity contribution >= 4 is 17.7 Å². The van der Waals surface area contributed by atoms with E-state index >= 15 is 0 Å². The minimum absolute atomic E-state index is 0.169. The summed E-state index contributed by atoms with van der Waals surface area (Å²) >= 11 is -0.410. The second-order valence-corrected chi connectivity index (χ2v) is 4.36. The van der Waals surface area contributed by atoms with Crippen molar-refractivity contribution in [3.63, 3.8) is 0 Å². The molecule has 0 aliphatic heterocycles. The smallest absolute Gasteiger partial charge is 0.446 e. The molecule has 0 aromatic heterocycles. The molecular weight excluding hydrogens is 267 g/mol. The maximum atomic E-state index is 12.4. The lowest BCUT2D eigenvalue weighted by Gasteiger charge is -2.12. The Labute approximate surface area is 106 Å². The fourth-order valence-electron chi connectivity index (χ4n) is 1.33. The molecule has 0 bridgehead atoms. The molecular formula is C11H8F3NO2S. The van der Waals surface area contributed by atoms with E-state index < -0.39 is 23.2 Å². The van der Waals surface area contributed by atoms with Crippen LogP contribution in [0.1, 0.15) is 21.5 Å². The number of carbonyl (C=O) groups excluding carboxylic acids is 1. The summed E-state index contributed by atoms with van der Waals surface area (Å²) in [5.74, 6) is -0.837. The van der Waals surface area contributed by atoms with Gasteiger partial charge in [0.1, 0.15) is 6.07 Å². The largest absolute Gasteiger partial charge is 0.465 e. The summed E-state index contributed by atoms with van der Waals surface area (Å²) in [5.41, 5.74) is -4.73. The molecule has 0 saturated heterocycles. The van der Waals surface area contributed by atoms with E-state index in [9.17, 15) is 18.0 Å². The molecule has 0 unspecified atom stereocenters. The van der Waals surface area contributed by atoms with E-state index in [1.54, 1.807) is 6.07 Å². The number of rotatable bonds is 2. The number of hydrogen-bond acceptors (Lipinski definition) is 4. The Balaban J connectivity index is 3.41. The number of halogens is 3. The summed E-state index contributed by atoms with van der Waals surface area (Å²) in [4.78, 5) is 11.1. The normalized spacial score (nSPS) is 10.9. The molecule has 0 spiro atoms. The van der Waals surface area contributed by atoms with Crippen molar-refractivity contribution in [2.75, 3.05) is 7.11 Å². The Morgan fingerprint density at radius 1 is 1.44 bits per heavy atom.